The first kappa shape index (κ1) is 10.4. The van der Waals surface area contributed by atoms with E-state index in [9.17, 15) is 4.91 Å². The van der Waals surface area contributed by atoms with E-state index in [1.807, 2.05) is 0 Å². The lowest BCUT2D eigenvalue weighted by molar-refractivity contribution is 0.700. The molecule has 0 aliphatic heterocycles. The van der Waals surface area contributed by atoms with Gasteiger partial charge >= 0.3 is 0 Å². The van der Waals surface area contributed by atoms with Crippen LogP contribution in [-0.2, 0) is 6.42 Å². The highest BCUT2D eigenvalue weighted by Crippen LogP contribution is 2.25. The lowest BCUT2D eigenvalue weighted by Gasteiger charge is -2.07. The second-order valence-corrected chi connectivity index (χ2v) is 3.39. The summed E-state index contributed by atoms with van der Waals surface area (Å²) >= 11 is 11.7. The van der Waals surface area contributed by atoms with Gasteiger partial charge in [-0.2, -0.15) is 0 Å². The number of hydrogen-bond acceptors (Lipinski definition) is 3. The lowest BCUT2D eigenvalue weighted by atomic mass is 10.1. The molecule has 13 heavy (non-hydrogen) atoms. The maximum atomic E-state index is 10.1. The molecule has 1 aromatic rings. The van der Waals surface area contributed by atoms with Crippen molar-refractivity contribution in [1.29, 1.82) is 0 Å². The van der Waals surface area contributed by atoms with Crippen molar-refractivity contribution in [3.63, 3.8) is 0 Å². The summed E-state index contributed by atoms with van der Waals surface area (Å²) in [4.78, 5) is 10.1. The van der Waals surface area contributed by atoms with E-state index >= 15 is 0 Å². The predicted octanol–water partition coefficient (Wildman–Crippen LogP) is 2.59. The van der Waals surface area contributed by atoms with Crippen LogP contribution in [0.5, 0.6) is 0 Å². The summed E-state index contributed by atoms with van der Waals surface area (Å²) in [5.74, 6) is 0. The monoisotopic (exact) mass is 218 g/mol. The van der Waals surface area contributed by atoms with Crippen LogP contribution in [0, 0.1) is 4.91 Å². The van der Waals surface area contributed by atoms with Crippen molar-refractivity contribution in [3.8, 4) is 0 Å². The van der Waals surface area contributed by atoms with Gasteiger partial charge in [0.15, 0.2) is 0 Å². The molecule has 1 atom stereocenters. The second kappa shape index (κ2) is 4.56. The number of rotatable bonds is 3. The highest BCUT2D eigenvalue weighted by molar-refractivity contribution is 6.35. The Hall–Kier alpha value is -0.640. The van der Waals surface area contributed by atoms with Gasteiger partial charge in [0.2, 0.25) is 0 Å². The molecule has 0 aromatic heterocycles. The average molecular weight is 219 g/mol. The van der Waals surface area contributed by atoms with Crippen molar-refractivity contribution in [3.05, 3.63) is 38.7 Å². The third-order valence-electron chi connectivity index (χ3n) is 1.61. The number of nitrogens with zero attached hydrogens (tertiary/aromatic N) is 1. The lowest BCUT2D eigenvalue weighted by Crippen LogP contribution is -2.19. The standard InChI is InChI=1S/C8H8Cl2N2O/c9-6-2-1-3-7(10)5(6)4-8(11)12-13/h1-3,8H,4,11H2. The van der Waals surface area contributed by atoms with Gasteiger partial charge in [0.05, 0.1) is 0 Å². The summed E-state index contributed by atoms with van der Waals surface area (Å²) in [5, 5.41) is 3.69. The van der Waals surface area contributed by atoms with E-state index in [-0.39, 0.29) is 6.42 Å². The Kier molecular flexibility index (Phi) is 3.66. The molecule has 0 aliphatic carbocycles. The summed E-state index contributed by atoms with van der Waals surface area (Å²) in [7, 11) is 0. The largest absolute Gasteiger partial charge is 0.307 e. The molecule has 1 unspecified atom stereocenters. The Bertz CT molecular complexity index is 297. The van der Waals surface area contributed by atoms with Crippen LogP contribution in [0.3, 0.4) is 0 Å². The number of nitrogens with two attached hydrogens (primary N) is 1. The first-order valence-corrected chi connectivity index (χ1v) is 4.41. The van der Waals surface area contributed by atoms with Crippen molar-refractivity contribution >= 4 is 23.2 Å². The van der Waals surface area contributed by atoms with Crippen molar-refractivity contribution in [1.82, 2.24) is 0 Å². The van der Waals surface area contributed by atoms with Crippen LogP contribution in [0.2, 0.25) is 10.0 Å². The zero-order chi connectivity index (χ0) is 9.84. The minimum absolute atomic E-state index is 0.266. The number of benzene rings is 1. The third-order valence-corrected chi connectivity index (χ3v) is 2.32. The minimum atomic E-state index is -0.794. The molecule has 1 aromatic carbocycles. The second-order valence-electron chi connectivity index (χ2n) is 2.58. The van der Waals surface area contributed by atoms with Crippen LogP contribution in [-0.4, -0.2) is 6.17 Å². The van der Waals surface area contributed by atoms with Gasteiger partial charge in [0, 0.05) is 16.5 Å². The molecule has 0 saturated carbocycles. The van der Waals surface area contributed by atoms with E-state index in [1.54, 1.807) is 18.2 Å². The van der Waals surface area contributed by atoms with Gasteiger partial charge in [-0.15, -0.1) is 4.91 Å². The fourth-order valence-electron chi connectivity index (χ4n) is 0.974. The first-order valence-electron chi connectivity index (χ1n) is 3.66. The van der Waals surface area contributed by atoms with Crippen LogP contribution in [0.25, 0.3) is 0 Å². The molecule has 0 fully saturated rings. The molecule has 0 radical (unpaired) electrons. The summed E-state index contributed by atoms with van der Waals surface area (Å²) in [6.07, 6.45) is -0.528. The average Bonchev–Trinajstić information content (AvgIpc) is 2.11. The highest BCUT2D eigenvalue weighted by atomic mass is 35.5. The fraction of sp³-hybridized carbons (Fsp3) is 0.250. The SMILES string of the molecule is NC(Cc1c(Cl)cccc1Cl)N=O. The molecule has 0 amide bonds. The first-order chi connectivity index (χ1) is 6.15. The van der Waals surface area contributed by atoms with E-state index < -0.39 is 6.17 Å². The van der Waals surface area contributed by atoms with E-state index in [0.717, 1.165) is 0 Å². The van der Waals surface area contributed by atoms with Crippen molar-refractivity contribution in [2.75, 3.05) is 0 Å². The topological polar surface area (TPSA) is 55.4 Å². The van der Waals surface area contributed by atoms with Crippen molar-refractivity contribution < 1.29 is 0 Å². The summed E-state index contributed by atoms with van der Waals surface area (Å²) < 4.78 is 0. The summed E-state index contributed by atoms with van der Waals surface area (Å²) in [6, 6.07) is 5.12. The molecule has 2 N–H and O–H groups in total. The summed E-state index contributed by atoms with van der Waals surface area (Å²) in [5.41, 5.74) is 6.01. The quantitative estimate of drug-likeness (QED) is 0.794. The number of nitroso groups, excluding NO2 is 1. The third kappa shape index (κ3) is 2.66. The Morgan fingerprint density at radius 1 is 1.38 bits per heavy atom. The van der Waals surface area contributed by atoms with Crippen molar-refractivity contribution in [2.24, 2.45) is 10.9 Å². The van der Waals surface area contributed by atoms with Crippen LogP contribution in [0.4, 0.5) is 0 Å². The van der Waals surface area contributed by atoms with E-state index in [0.29, 0.717) is 15.6 Å². The molecular formula is C8H8Cl2N2O. The molecule has 0 heterocycles. The molecule has 0 aliphatic rings. The van der Waals surface area contributed by atoms with E-state index in [2.05, 4.69) is 5.18 Å². The molecule has 0 bridgehead atoms. The van der Waals surface area contributed by atoms with Gasteiger partial charge in [-0.1, -0.05) is 34.4 Å². The zero-order valence-electron chi connectivity index (χ0n) is 6.71. The Morgan fingerprint density at radius 2 is 1.92 bits per heavy atom. The molecule has 70 valence electrons. The number of hydrogen-bond donors (Lipinski definition) is 1. The molecular weight excluding hydrogens is 211 g/mol. The molecule has 3 nitrogen and oxygen atoms in total. The fourth-order valence-corrected chi connectivity index (χ4v) is 1.53. The molecule has 5 heteroatoms. The normalized spacial score (nSPS) is 12.5. The van der Waals surface area contributed by atoms with Crippen LogP contribution in [0.15, 0.2) is 23.4 Å². The van der Waals surface area contributed by atoms with Gasteiger partial charge in [-0.05, 0) is 17.7 Å². The Balaban J connectivity index is 2.93. The maximum Gasteiger partial charge on any atom is 0.144 e. The highest BCUT2D eigenvalue weighted by Gasteiger charge is 2.10. The van der Waals surface area contributed by atoms with Gasteiger partial charge in [-0.25, -0.2) is 0 Å². The van der Waals surface area contributed by atoms with Crippen molar-refractivity contribution in [2.45, 2.75) is 12.6 Å². The van der Waals surface area contributed by atoms with Crippen LogP contribution < -0.4 is 5.73 Å². The predicted molar refractivity (Wildman–Crippen MR) is 53.9 cm³/mol. The smallest absolute Gasteiger partial charge is 0.144 e. The van der Waals surface area contributed by atoms with Gasteiger partial charge in [0.25, 0.3) is 0 Å². The van der Waals surface area contributed by atoms with Crippen LogP contribution >= 0.6 is 23.2 Å². The van der Waals surface area contributed by atoms with E-state index in [4.69, 9.17) is 28.9 Å². The van der Waals surface area contributed by atoms with Gasteiger partial charge < -0.3 is 5.73 Å². The minimum Gasteiger partial charge on any atom is -0.307 e. The molecule has 0 spiro atoms. The van der Waals surface area contributed by atoms with Gasteiger partial charge in [-0.3, -0.25) is 0 Å². The summed E-state index contributed by atoms with van der Waals surface area (Å²) in [6.45, 7) is 0. The number of halogens is 2. The Morgan fingerprint density at radius 3 is 2.38 bits per heavy atom. The van der Waals surface area contributed by atoms with E-state index in [1.165, 1.54) is 0 Å². The molecule has 1 rings (SSSR count). The van der Waals surface area contributed by atoms with Crippen LogP contribution in [0.1, 0.15) is 5.56 Å². The van der Waals surface area contributed by atoms with Gasteiger partial charge in [0.1, 0.15) is 6.17 Å². The zero-order valence-corrected chi connectivity index (χ0v) is 8.22. The Labute approximate surface area is 85.8 Å². The maximum absolute atomic E-state index is 10.1. The molecule has 0 saturated heterocycles.